The summed E-state index contributed by atoms with van der Waals surface area (Å²) in [5, 5.41) is 0. The molecule has 1 N–H and O–H groups in total. The monoisotopic (exact) mass is 251 g/mol. The molecule has 1 heterocycles. The molecule has 0 aliphatic heterocycles. The van der Waals surface area contributed by atoms with Crippen LogP contribution in [-0.4, -0.2) is 18.0 Å². The zero-order chi connectivity index (χ0) is 9.47. The maximum absolute atomic E-state index is 10.7. The number of thiazole rings is 1. The lowest BCUT2D eigenvalue weighted by Crippen LogP contribution is -1.96. The fourth-order valence-electron chi connectivity index (χ4n) is 0.998. The number of hydrogen-bond acceptors (Lipinski definition) is 4. The van der Waals surface area contributed by atoms with Crippen molar-refractivity contribution in [3.8, 4) is 0 Å². The normalized spacial score (nSPS) is 11.2. The molecule has 0 radical (unpaired) electrons. The lowest BCUT2D eigenvalue weighted by atomic mass is 10.3. The SMILES string of the molecule is Cl.O=S(=O)(O)c1ccc2scnc2c1. The summed E-state index contributed by atoms with van der Waals surface area (Å²) in [6, 6.07) is 4.33. The zero-order valence-corrected chi connectivity index (χ0v) is 9.19. The Morgan fingerprint density at radius 2 is 2.07 bits per heavy atom. The molecule has 0 aliphatic carbocycles. The summed E-state index contributed by atoms with van der Waals surface area (Å²) in [5.74, 6) is 0. The molecule has 0 bridgehead atoms. The standard InChI is InChI=1S/C7H5NO3S2.ClH/c9-13(10,11)5-1-2-7-6(3-5)8-4-12-7;/h1-4H,(H,9,10,11);1H. The highest BCUT2D eigenvalue weighted by Gasteiger charge is 2.10. The van der Waals surface area contributed by atoms with E-state index in [0.717, 1.165) is 4.70 Å². The number of benzene rings is 1. The molecule has 0 aliphatic rings. The van der Waals surface area contributed by atoms with Crippen LogP contribution in [0, 0.1) is 0 Å². The molecule has 2 aromatic rings. The van der Waals surface area contributed by atoms with E-state index in [9.17, 15) is 8.42 Å². The van der Waals surface area contributed by atoms with E-state index in [2.05, 4.69) is 4.98 Å². The van der Waals surface area contributed by atoms with Crippen molar-refractivity contribution in [3.63, 3.8) is 0 Å². The van der Waals surface area contributed by atoms with Crippen LogP contribution >= 0.6 is 23.7 Å². The summed E-state index contributed by atoms with van der Waals surface area (Å²) in [6.07, 6.45) is 0. The first-order valence-corrected chi connectivity index (χ1v) is 5.70. The van der Waals surface area contributed by atoms with Crippen LogP contribution in [0.4, 0.5) is 0 Å². The van der Waals surface area contributed by atoms with Crippen LogP contribution < -0.4 is 0 Å². The van der Waals surface area contributed by atoms with Crippen molar-refractivity contribution in [3.05, 3.63) is 23.7 Å². The van der Waals surface area contributed by atoms with Gasteiger partial charge in [-0.2, -0.15) is 8.42 Å². The minimum atomic E-state index is -4.11. The van der Waals surface area contributed by atoms with Crippen molar-refractivity contribution in [2.24, 2.45) is 0 Å². The van der Waals surface area contributed by atoms with Gasteiger partial charge in [-0.05, 0) is 18.2 Å². The molecular formula is C7H6ClNO3S2. The van der Waals surface area contributed by atoms with Gasteiger partial charge < -0.3 is 0 Å². The lowest BCUT2D eigenvalue weighted by molar-refractivity contribution is 0.483. The number of hydrogen-bond donors (Lipinski definition) is 1. The van der Waals surface area contributed by atoms with Gasteiger partial charge >= 0.3 is 0 Å². The average molecular weight is 252 g/mol. The first-order chi connectivity index (χ1) is 6.07. The molecule has 0 saturated carbocycles. The van der Waals surface area contributed by atoms with E-state index < -0.39 is 10.1 Å². The third kappa shape index (κ3) is 2.03. The van der Waals surface area contributed by atoms with Gasteiger partial charge in [-0.1, -0.05) is 0 Å². The van der Waals surface area contributed by atoms with E-state index in [1.807, 2.05) is 0 Å². The van der Waals surface area contributed by atoms with Crippen LogP contribution in [0.3, 0.4) is 0 Å². The van der Waals surface area contributed by atoms with Gasteiger partial charge in [0, 0.05) is 0 Å². The highest BCUT2D eigenvalue weighted by molar-refractivity contribution is 7.85. The van der Waals surface area contributed by atoms with E-state index in [-0.39, 0.29) is 17.3 Å². The summed E-state index contributed by atoms with van der Waals surface area (Å²) in [4.78, 5) is 3.82. The molecule has 0 atom stereocenters. The molecule has 1 aromatic heterocycles. The summed E-state index contributed by atoms with van der Waals surface area (Å²) in [5.41, 5.74) is 2.21. The smallest absolute Gasteiger partial charge is 0.282 e. The van der Waals surface area contributed by atoms with Gasteiger partial charge in [0.1, 0.15) is 0 Å². The van der Waals surface area contributed by atoms with Crippen molar-refractivity contribution in [1.29, 1.82) is 0 Å². The van der Waals surface area contributed by atoms with E-state index in [1.54, 1.807) is 11.6 Å². The summed E-state index contributed by atoms with van der Waals surface area (Å²) in [7, 11) is -4.11. The topological polar surface area (TPSA) is 67.3 Å². The fraction of sp³-hybridized carbons (Fsp3) is 0. The van der Waals surface area contributed by atoms with Gasteiger partial charge in [0.25, 0.3) is 10.1 Å². The molecule has 0 unspecified atom stereocenters. The van der Waals surface area contributed by atoms with Gasteiger partial charge in [0.15, 0.2) is 0 Å². The Morgan fingerprint density at radius 3 is 2.71 bits per heavy atom. The second-order valence-corrected chi connectivity index (χ2v) is 4.76. The zero-order valence-electron chi connectivity index (χ0n) is 6.75. The summed E-state index contributed by atoms with van der Waals surface area (Å²) in [6.45, 7) is 0. The van der Waals surface area contributed by atoms with Gasteiger partial charge in [0.05, 0.1) is 20.6 Å². The molecular weight excluding hydrogens is 246 g/mol. The largest absolute Gasteiger partial charge is 0.294 e. The fourth-order valence-corrected chi connectivity index (χ4v) is 2.16. The molecule has 14 heavy (non-hydrogen) atoms. The Bertz CT molecular complexity index is 549. The first-order valence-electron chi connectivity index (χ1n) is 3.38. The predicted octanol–water partition coefficient (Wildman–Crippen LogP) is 1.96. The second kappa shape index (κ2) is 3.82. The van der Waals surface area contributed by atoms with Crippen LogP contribution in [0.15, 0.2) is 28.6 Å². The van der Waals surface area contributed by atoms with E-state index in [0.29, 0.717) is 5.52 Å². The second-order valence-electron chi connectivity index (χ2n) is 2.46. The number of fused-ring (bicyclic) bond motifs is 1. The van der Waals surface area contributed by atoms with Gasteiger partial charge in [-0.3, -0.25) is 4.55 Å². The van der Waals surface area contributed by atoms with E-state index in [4.69, 9.17) is 4.55 Å². The number of halogens is 1. The molecule has 2 rings (SSSR count). The minimum Gasteiger partial charge on any atom is -0.282 e. The van der Waals surface area contributed by atoms with Crippen LogP contribution in [0.2, 0.25) is 0 Å². The van der Waals surface area contributed by atoms with Crippen molar-refractivity contribution in [2.75, 3.05) is 0 Å². The van der Waals surface area contributed by atoms with E-state index in [1.165, 1.54) is 23.5 Å². The molecule has 0 fully saturated rings. The lowest BCUT2D eigenvalue weighted by Gasteiger charge is -1.94. The number of rotatable bonds is 1. The van der Waals surface area contributed by atoms with Crippen LogP contribution in [0.5, 0.6) is 0 Å². The molecule has 76 valence electrons. The highest BCUT2D eigenvalue weighted by Crippen LogP contribution is 2.20. The third-order valence-corrected chi connectivity index (χ3v) is 3.26. The highest BCUT2D eigenvalue weighted by atomic mass is 35.5. The Morgan fingerprint density at radius 1 is 1.36 bits per heavy atom. The van der Waals surface area contributed by atoms with Gasteiger partial charge in [0.2, 0.25) is 0 Å². The molecule has 4 nitrogen and oxygen atoms in total. The number of nitrogens with zero attached hydrogens (tertiary/aromatic N) is 1. The Hall–Kier alpha value is -0.690. The maximum Gasteiger partial charge on any atom is 0.294 e. The molecule has 0 saturated heterocycles. The first kappa shape index (κ1) is 11.4. The molecule has 1 aromatic carbocycles. The Balaban J connectivity index is 0.000000980. The van der Waals surface area contributed by atoms with E-state index >= 15 is 0 Å². The maximum atomic E-state index is 10.7. The molecule has 7 heteroatoms. The summed E-state index contributed by atoms with van der Waals surface area (Å²) < 4.78 is 31.1. The van der Waals surface area contributed by atoms with Crippen molar-refractivity contribution < 1.29 is 13.0 Å². The molecule has 0 spiro atoms. The number of aromatic nitrogens is 1. The predicted molar refractivity (Wildman–Crippen MR) is 56.7 cm³/mol. The molecule has 0 amide bonds. The van der Waals surface area contributed by atoms with Crippen LogP contribution in [-0.2, 0) is 10.1 Å². The quantitative estimate of drug-likeness (QED) is 0.787. The Labute approximate surface area is 90.8 Å². The summed E-state index contributed by atoms with van der Waals surface area (Å²) >= 11 is 1.42. The van der Waals surface area contributed by atoms with Crippen molar-refractivity contribution >= 4 is 44.1 Å². The van der Waals surface area contributed by atoms with Crippen LogP contribution in [0.1, 0.15) is 0 Å². The van der Waals surface area contributed by atoms with Crippen LogP contribution in [0.25, 0.3) is 10.2 Å². The minimum absolute atomic E-state index is 0. The Kier molecular flexibility index (Phi) is 3.10. The van der Waals surface area contributed by atoms with Gasteiger partial charge in [-0.15, -0.1) is 23.7 Å². The van der Waals surface area contributed by atoms with Crippen molar-refractivity contribution in [1.82, 2.24) is 4.98 Å². The van der Waals surface area contributed by atoms with Crippen molar-refractivity contribution in [2.45, 2.75) is 4.90 Å². The van der Waals surface area contributed by atoms with Gasteiger partial charge in [-0.25, -0.2) is 4.98 Å². The average Bonchev–Trinajstić information content (AvgIpc) is 2.47. The third-order valence-electron chi connectivity index (χ3n) is 1.60.